The van der Waals surface area contributed by atoms with Crippen LogP contribution in [0.2, 0.25) is 0 Å². The first-order chi connectivity index (χ1) is 8.27. The summed E-state index contributed by atoms with van der Waals surface area (Å²) in [6, 6.07) is 1.12. The van der Waals surface area contributed by atoms with Crippen LogP contribution in [-0.4, -0.2) is 36.5 Å². The minimum atomic E-state index is 0.273. The lowest BCUT2D eigenvalue weighted by Gasteiger charge is -2.23. The highest BCUT2D eigenvalue weighted by Gasteiger charge is 2.29. The number of likely N-dealkylation sites (N-methyl/N-ethyl adjacent to an activating group) is 1. The van der Waals surface area contributed by atoms with Crippen molar-refractivity contribution in [2.75, 3.05) is 13.6 Å². The maximum Gasteiger partial charge on any atom is 0.236 e. The maximum atomic E-state index is 11.9. The van der Waals surface area contributed by atoms with Crippen LogP contribution < -0.4 is 5.32 Å². The van der Waals surface area contributed by atoms with Gasteiger partial charge in [-0.3, -0.25) is 4.79 Å². The summed E-state index contributed by atoms with van der Waals surface area (Å²) in [5.74, 6) is 0.273. The van der Waals surface area contributed by atoms with Gasteiger partial charge in [0.05, 0.1) is 6.54 Å². The molecule has 0 aliphatic heterocycles. The Labute approximate surface area is 105 Å². The summed E-state index contributed by atoms with van der Waals surface area (Å²) >= 11 is 0. The normalized spacial score (nSPS) is 22.9. The first kappa shape index (κ1) is 12.9. The SMILES string of the molecule is CN(C(=O)CNC1CCCCCCC1)C1CC1. The van der Waals surface area contributed by atoms with E-state index in [0.29, 0.717) is 18.6 Å². The smallest absolute Gasteiger partial charge is 0.236 e. The Bertz CT molecular complexity index is 243. The number of nitrogens with zero attached hydrogens (tertiary/aromatic N) is 1. The second-order valence-electron chi connectivity index (χ2n) is 5.66. The standard InChI is InChI=1S/C14H26N2O/c1-16(13-9-10-13)14(17)11-15-12-7-5-3-2-4-6-8-12/h12-13,15H,2-11H2,1H3. The Balaban J connectivity index is 1.66. The molecule has 0 radical (unpaired) electrons. The topological polar surface area (TPSA) is 32.3 Å². The van der Waals surface area contributed by atoms with E-state index in [1.165, 1.54) is 57.8 Å². The van der Waals surface area contributed by atoms with Gasteiger partial charge in [-0.25, -0.2) is 0 Å². The molecule has 17 heavy (non-hydrogen) atoms. The number of carbonyl (C=O) groups excluding carboxylic acids is 1. The summed E-state index contributed by atoms with van der Waals surface area (Å²) in [5, 5.41) is 3.46. The van der Waals surface area contributed by atoms with Crippen LogP contribution in [0.4, 0.5) is 0 Å². The van der Waals surface area contributed by atoms with Gasteiger partial charge in [0.25, 0.3) is 0 Å². The molecule has 0 saturated heterocycles. The minimum Gasteiger partial charge on any atom is -0.342 e. The van der Waals surface area contributed by atoms with E-state index < -0.39 is 0 Å². The Hall–Kier alpha value is -0.570. The molecule has 1 amide bonds. The van der Waals surface area contributed by atoms with Gasteiger partial charge in [-0.1, -0.05) is 32.1 Å². The summed E-state index contributed by atoms with van der Waals surface area (Å²) in [5.41, 5.74) is 0. The van der Waals surface area contributed by atoms with Crippen LogP contribution in [0.5, 0.6) is 0 Å². The first-order valence-electron chi connectivity index (χ1n) is 7.26. The van der Waals surface area contributed by atoms with E-state index in [1.807, 2.05) is 11.9 Å². The number of nitrogens with one attached hydrogen (secondary N) is 1. The van der Waals surface area contributed by atoms with Crippen LogP contribution in [0.15, 0.2) is 0 Å². The molecule has 0 bridgehead atoms. The van der Waals surface area contributed by atoms with Crippen molar-refractivity contribution in [3.05, 3.63) is 0 Å². The van der Waals surface area contributed by atoms with Gasteiger partial charge in [0, 0.05) is 19.1 Å². The number of rotatable bonds is 4. The lowest BCUT2D eigenvalue weighted by molar-refractivity contribution is -0.129. The molecule has 2 fully saturated rings. The molecule has 0 aromatic rings. The van der Waals surface area contributed by atoms with Crippen molar-refractivity contribution in [3.63, 3.8) is 0 Å². The highest BCUT2D eigenvalue weighted by Crippen LogP contribution is 2.25. The van der Waals surface area contributed by atoms with Crippen molar-refractivity contribution in [1.82, 2.24) is 10.2 Å². The fourth-order valence-electron chi connectivity index (χ4n) is 2.68. The minimum absolute atomic E-state index is 0.273. The number of hydrogen-bond donors (Lipinski definition) is 1. The summed E-state index contributed by atoms with van der Waals surface area (Å²) in [7, 11) is 1.94. The highest BCUT2D eigenvalue weighted by molar-refractivity contribution is 5.78. The zero-order valence-electron chi connectivity index (χ0n) is 11.1. The van der Waals surface area contributed by atoms with Gasteiger partial charge in [0.1, 0.15) is 0 Å². The molecule has 0 aromatic heterocycles. The van der Waals surface area contributed by atoms with E-state index >= 15 is 0 Å². The maximum absolute atomic E-state index is 11.9. The van der Waals surface area contributed by atoms with Gasteiger partial charge in [-0.2, -0.15) is 0 Å². The number of amides is 1. The molecule has 1 N–H and O–H groups in total. The largest absolute Gasteiger partial charge is 0.342 e. The van der Waals surface area contributed by atoms with Crippen molar-refractivity contribution < 1.29 is 4.79 Å². The lowest BCUT2D eigenvalue weighted by atomic mass is 9.97. The summed E-state index contributed by atoms with van der Waals surface area (Å²) in [6.45, 7) is 0.539. The molecule has 2 aliphatic carbocycles. The van der Waals surface area contributed by atoms with Crippen molar-refractivity contribution in [1.29, 1.82) is 0 Å². The Morgan fingerprint density at radius 2 is 1.65 bits per heavy atom. The van der Waals surface area contributed by atoms with Crippen molar-refractivity contribution in [2.45, 2.75) is 69.9 Å². The van der Waals surface area contributed by atoms with Gasteiger partial charge in [0.2, 0.25) is 5.91 Å². The fraction of sp³-hybridized carbons (Fsp3) is 0.929. The predicted octanol–water partition coefficient (Wildman–Crippen LogP) is 2.31. The van der Waals surface area contributed by atoms with Crippen LogP contribution in [0.1, 0.15) is 57.8 Å². The Kier molecular flexibility index (Phi) is 4.84. The Morgan fingerprint density at radius 3 is 2.24 bits per heavy atom. The van der Waals surface area contributed by atoms with Crippen LogP contribution in [0.3, 0.4) is 0 Å². The lowest BCUT2D eigenvalue weighted by Crippen LogP contribution is -2.41. The summed E-state index contributed by atoms with van der Waals surface area (Å²) in [4.78, 5) is 13.8. The zero-order chi connectivity index (χ0) is 12.1. The van der Waals surface area contributed by atoms with E-state index in [-0.39, 0.29) is 5.91 Å². The van der Waals surface area contributed by atoms with E-state index in [0.717, 1.165) is 0 Å². The second-order valence-corrected chi connectivity index (χ2v) is 5.66. The quantitative estimate of drug-likeness (QED) is 0.815. The van der Waals surface area contributed by atoms with Crippen molar-refractivity contribution in [3.8, 4) is 0 Å². The van der Waals surface area contributed by atoms with E-state index in [2.05, 4.69) is 5.32 Å². The van der Waals surface area contributed by atoms with E-state index in [9.17, 15) is 4.79 Å². The average molecular weight is 238 g/mol. The van der Waals surface area contributed by atoms with Crippen LogP contribution in [-0.2, 0) is 4.79 Å². The molecule has 0 unspecified atom stereocenters. The molecule has 2 saturated carbocycles. The molecule has 3 nitrogen and oxygen atoms in total. The first-order valence-corrected chi connectivity index (χ1v) is 7.26. The molecule has 0 aromatic carbocycles. The third-order valence-electron chi connectivity index (χ3n) is 4.14. The third-order valence-corrected chi connectivity index (χ3v) is 4.14. The molecule has 0 atom stereocenters. The molecular weight excluding hydrogens is 212 g/mol. The van der Waals surface area contributed by atoms with Gasteiger partial charge in [0.15, 0.2) is 0 Å². The Morgan fingerprint density at radius 1 is 1.06 bits per heavy atom. The molecule has 2 rings (SSSR count). The highest BCUT2D eigenvalue weighted by atomic mass is 16.2. The monoisotopic (exact) mass is 238 g/mol. The summed E-state index contributed by atoms with van der Waals surface area (Å²) < 4.78 is 0. The van der Waals surface area contributed by atoms with Crippen LogP contribution >= 0.6 is 0 Å². The zero-order valence-corrected chi connectivity index (χ0v) is 11.1. The third kappa shape index (κ3) is 4.30. The van der Waals surface area contributed by atoms with E-state index in [4.69, 9.17) is 0 Å². The van der Waals surface area contributed by atoms with Crippen LogP contribution in [0.25, 0.3) is 0 Å². The fourth-order valence-corrected chi connectivity index (χ4v) is 2.68. The summed E-state index contributed by atoms with van der Waals surface area (Å²) in [6.07, 6.45) is 11.7. The van der Waals surface area contributed by atoms with Crippen molar-refractivity contribution in [2.24, 2.45) is 0 Å². The molecule has 0 spiro atoms. The molecule has 2 aliphatic rings. The number of hydrogen-bond acceptors (Lipinski definition) is 2. The van der Waals surface area contributed by atoms with E-state index in [1.54, 1.807) is 0 Å². The van der Waals surface area contributed by atoms with Crippen molar-refractivity contribution >= 4 is 5.91 Å². The van der Waals surface area contributed by atoms with Gasteiger partial charge >= 0.3 is 0 Å². The second kappa shape index (κ2) is 6.39. The average Bonchev–Trinajstić information content (AvgIpc) is 3.10. The molecule has 3 heteroatoms. The van der Waals surface area contributed by atoms with Gasteiger partial charge < -0.3 is 10.2 Å². The molecule has 98 valence electrons. The predicted molar refractivity (Wildman–Crippen MR) is 69.9 cm³/mol. The number of carbonyl (C=O) groups is 1. The van der Waals surface area contributed by atoms with Gasteiger partial charge in [-0.15, -0.1) is 0 Å². The van der Waals surface area contributed by atoms with Crippen LogP contribution in [0, 0.1) is 0 Å². The van der Waals surface area contributed by atoms with Gasteiger partial charge in [-0.05, 0) is 25.7 Å². The molecular formula is C14H26N2O. The molecule has 0 heterocycles.